The predicted molar refractivity (Wildman–Crippen MR) is 110 cm³/mol. The second-order valence-corrected chi connectivity index (χ2v) is 6.52. The van der Waals surface area contributed by atoms with Gasteiger partial charge in [-0.2, -0.15) is 0 Å². The minimum Gasteiger partial charge on any atom is -0.391 e. The van der Waals surface area contributed by atoms with E-state index < -0.39 is 18.1 Å². The first kappa shape index (κ1) is 22.0. The molecular formula is C23H24N2O4. The number of aliphatic hydroxyl groups excluding tert-OH is 2. The molecule has 1 heterocycles. The van der Waals surface area contributed by atoms with E-state index >= 15 is 0 Å². The van der Waals surface area contributed by atoms with Gasteiger partial charge in [-0.05, 0) is 61.1 Å². The predicted octanol–water partition coefficient (Wildman–Crippen LogP) is 1.38. The number of benzene rings is 1. The van der Waals surface area contributed by atoms with Crippen LogP contribution in [0, 0.1) is 23.7 Å². The Hall–Kier alpha value is -3.32. The van der Waals surface area contributed by atoms with Gasteiger partial charge in [0, 0.05) is 30.3 Å². The van der Waals surface area contributed by atoms with Crippen molar-refractivity contribution >= 4 is 11.7 Å². The summed E-state index contributed by atoms with van der Waals surface area (Å²) in [5, 5.41) is 21.5. The number of nitrogens with one attached hydrogen (secondary N) is 1. The Morgan fingerprint density at radius 2 is 1.76 bits per heavy atom. The van der Waals surface area contributed by atoms with Crippen molar-refractivity contribution in [3.63, 3.8) is 0 Å². The molecule has 150 valence electrons. The van der Waals surface area contributed by atoms with Gasteiger partial charge in [0.1, 0.15) is 6.04 Å². The van der Waals surface area contributed by atoms with Crippen LogP contribution in [0.4, 0.5) is 0 Å². The first-order valence-corrected chi connectivity index (χ1v) is 9.26. The molecule has 1 aromatic carbocycles. The maximum absolute atomic E-state index is 12.3. The summed E-state index contributed by atoms with van der Waals surface area (Å²) in [5.74, 6) is 10.7. The largest absolute Gasteiger partial charge is 0.391 e. The van der Waals surface area contributed by atoms with Crippen LogP contribution in [-0.4, -0.2) is 38.6 Å². The average molecular weight is 392 g/mol. The van der Waals surface area contributed by atoms with E-state index in [4.69, 9.17) is 0 Å². The molecule has 1 aromatic heterocycles. The van der Waals surface area contributed by atoms with Crippen molar-refractivity contribution in [2.45, 2.75) is 39.0 Å². The smallest absolute Gasteiger partial charge is 0.251 e. The van der Waals surface area contributed by atoms with Gasteiger partial charge in [-0.1, -0.05) is 12.8 Å². The van der Waals surface area contributed by atoms with E-state index in [-0.39, 0.29) is 18.8 Å². The second kappa shape index (κ2) is 10.3. The zero-order valence-electron chi connectivity index (χ0n) is 16.7. The molecule has 2 rings (SSSR count). The fourth-order valence-electron chi connectivity index (χ4n) is 2.66. The van der Waals surface area contributed by atoms with Crippen molar-refractivity contribution in [3.8, 4) is 23.7 Å². The molecule has 1 amide bonds. The summed E-state index contributed by atoms with van der Waals surface area (Å²) in [4.78, 5) is 24.2. The molecule has 0 aliphatic carbocycles. The summed E-state index contributed by atoms with van der Waals surface area (Å²) in [5.41, 5.74) is 2.59. The normalized spacial score (nSPS) is 12.0. The standard InChI is InChI=1S/C23H24N2O4/c1-4-21(28)22(16(2)27)24-23(29)18-11-9-17(10-12-18)7-5-6-8-19-13-14-20(15-26)25(19)3/h9-14,16,22,26-27H,4,15H2,1-3H3,(H,24,29)/t16-,22-/m0/s1. The molecule has 6 nitrogen and oxygen atoms in total. The fourth-order valence-corrected chi connectivity index (χ4v) is 2.66. The quantitative estimate of drug-likeness (QED) is 0.648. The zero-order chi connectivity index (χ0) is 21.4. The van der Waals surface area contributed by atoms with E-state index in [9.17, 15) is 19.8 Å². The van der Waals surface area contributed by atoms with Crippen LogP contribution in [0.2, 0.25) is 0 Å². The Morgan fingerprint density at radius 3 is 2.31 bits per heavy atom. The van der Waals surface area contributed by atoms with Crippen molar-refractivity contribution in [1.82, 2.24) is 9.88 Å². The van der Waals surface area contributed by atoms with Crippen molar-refractivity contribution in [2.24, 2.45) is 7.05 Å². The van der Waals surface area contributed by atoms with Crippen molar-refractivity contribution in [1.29, 1.82) is 0 Å². The molecule has 3 N–H and O–H groups in total. The van der Waals surface area contributed by atoms with Gasteiger partial charge in [0.15, 0.2) is 5.78 Å². The molecule has 2 atom stereocenters. The van der Waals surface area contributed by atoms with Crippen LogP contribution >= 0.6 is 0 Å². The molecule has 0 fully saturated rings. The number of Topliss-reactive ketones (excluding diaryl/α,β-unsaturated/α-hetero) is 1. The highest BCUT2D eigenvalue weighted by Gasteiger charge is 2.24. The van der Waals surface area contributed by atoms with E-state index in [1.165, 1.54) is 6.92 Å². The summed E-state index contributed by atoms with van der Waals surface area (Å²) in [7, 11) is 1.82. The highest BCUT2D eigenvalue weighted by atomic mass is 16.3. The van der Waals surface area contributed by atoms with E-state index in [1.807, 2.05) is 13.1 Å². The van der Waals surface area contributed by atoms with Crippen molar-refractivity contribution < 1.29 is 19.8 Å². The Morgan fingerprint density at radius 1 is 1.10 bits per heavy atom. The third-order valence-corrected chi connectivity index (χ3v) is 4.46. The zero-order valence-corrected chi connectivity index (χ0v) is 16.7. The van der Waals surface area contributed by atoms with E-state index in [0.29, 0.717) is 11.1 Å². The number of hydrogen-bond donors (Lipinski definition) is 3. The van der Waals surface area contributed by atoms with Gasteiger partial charge in [-0.15, -0.1) is 0 Å². The van der Waals surface area contributed by atoms with Gasteiger partial charge >= 0.3 is 0 Å². The summed E-state index contributed by atoms with van der Waals surface area (Å²) in [6.07, 6.45) is -0.733. The molecule has 0 aliphatic heterocycles. The van der Waals surface area contributed by atoms with Crippen LogP contribution in [0.25, 0.3) is 0 Å². The maximum atomic E-state index is 12.3. The molecule has 2 aromatic rings. The lowest BCUT2D eigenvalue weighted by atomic mass is 10.0. The lowest BCUT2D eigenvalue weighted by Crippen LogP contribution is -2.47. The summed E-state index contributed by atoms with van der Waals surface area (Å²) >= 11 is 0. The minimum atomic E-state index is -0.965. The molecule has 0 unspecified atom stereocenters. The molecule has 0 saturated heterocycles. The molecular weight excluding hydrogens is 368 g/mol. The van der Waals surface area contributed by atoms with Gasteiger partial charge in [0.05, 0.1) is 18.4 Å². The van der Waals surface area contributed by atoms with Gasteiger partial charge in [-0.25, -0.2) is 0 Å². The van der Waals surface area contributed by atoms with Crippen LogP contribution in [0.3, 0.4) is 0 Å². The first-order chi connectivity index (χ1) is 13.9. The Labute approximate surface area is 170 Å². The monoisotopic (exact) mass is 392 g/mol. The molecule has 29 heavy (non-hydrogen) atoms. The van der Waals surface area contributed by atoms with Crippen LogP contribution in [-0.2, 0) is 18.4 Å². The fraction of sp³-hybridized carbons (Fsp3) is 0.304. The lowest BCUT2D eigenvalue weighted by Gasteiger charge is -2.19. The number of aliphatic hydroxyl groups is 2. The van der Waals surface area contributed by atoms with Gasteiger partial charge in [-0.3, -0.25) is 9.59 Å². The number of aromatic nitrogens is 1. The van der Waals surface area contributed by atoms with Crippen molar-refractivity contribution in [2.75, 3.05) is 0 Å². The molecule has 0 aliphatic rings. The second-order valence-electron chi connectivity index (χ2n) is 6.52. The van der Waals surface area contributed by atoms with Crippen LogP contribution < -0.4 is 5.32 Å². The maximum Gasteiger partial charge on any atom is 0.251 e. The summed E-state index contributed by atoms with van der Waals surface area (Å²) < 4.78 is 1.80. The Kier molecular flexibility index (Phi) is 7.79. The summed E-state index contributed by atoms with van der Waals surface area (Å²) in [6, 6.07) is 9.28. The third-order valence-electron chi connectivity index (χ3n) is 4.46. The highest BCUT2D eigenvalue weighted by Crippen LogP contribution is 2.07. The lowest BCUT2D eigenvalue weighted by molar-refractivity contribution is -0.122. The molecule has 0 saturated carbocycles. The molecule has 0 radical (unpaired) electrons. The molecule has 6 heteroatoms. The van der Waals surface area contributed by atoms with Crippen LogP contribution in [0.1, 0.15) is 47.6 Å². The molecule has 0 spiro atoms. The first-order valence-electron chi connectivity index (χ1n) is 9.26. The topological polar surface area (TPSA) is 91.6 Å². The number of carbonyl (C=O) groups is 2. The van der Waals surface area contributed by atoms with Crippen LogP contribution in [0.5, 0.6) is 0 Å². The number of carbonyl (C=O) groups excluding carboxylic acids is 2. The highest BCUT2D eigenvalue weighted by molar-refractivity contribution is 5.98. The number of nitrogens with zero attached hydrogens (tertiary/aromatic N) is 1. The van der Waals surface area contributed by atoms with Gasteiger partial charge in [0.25, 0.3) is 5.91 Å². The van der Waals surface area contributed by atoms with E-state index in [1.54, 1.807) is 41.8 Å². The van der Waals surface area contributed by atoms with E-state index in [2.05, 4.69) is 29.0 Å². The average Bonchev–Trinajstić information content (AvgIpc) is 3.08. The van der Waals surface area contributed by atoms with Crippen molar-refractivity contribution in [3.05, 3.63) is 58.9 Å². The minimum absolute atomic E-state index is 0.0473. The molecule has 0 bridgehead atoms. The van der Waals surface area contributed by atoms with E-state index in [0.717, 1.165) is 11.4 Å². The van der Waals surface area contributed by atoms with Gasteiger partial charge in [0.2, 0.25) is 0 Å². The number of hydrogen-bond acceptors (Lipinski definition) is 4. The number of ketones is 1. The van der Waals surface area contributed by atoms with Crippen LogP contribution in [0.15, 0.2) is 36.4 Å². The number of rotatable bonds is 6. The van der Waals surface area contributed by atoms with Gasteiger partial charge < -0.3 is 20.1 Å². The Balaban J connectivity index is 2.05. The Bertz CT molecular complexity index is 995. The third kappa shape index (κ3) is 5.83. The SMILES string of the molecule is CCC(=O)[C@@H](NC(=O)c1ccc(C#CC#Cc2ccc(CO)n2C)cc1)[C@H](C)O. The number of amides is 1. The summed E-state index contributed by atoms with van der Waals surface area (Å²) in [6.45, 7) is 3.11.